The molecule has 2 aromatic rings. The number of unbranched alkanes of at least 4 members (excludes halogenated alkanes) is 3. The summed E-state index contributed by atoms with van der Waals surface area (Å²) in [6.07, 6.45) is 7.62. The van der Waals surface area contributed by atoms with Crippen LogP contribution in [-0.4, -0.2) is 58.8 Å². The summed E-state index contributed by atoms with van der Waals surface area (Å²) in [5.41, 5.74) is 3.94. The van der Waals surface area contributed by atoms with E-state index in [2.05, 4.69) is 37.0 Å². The fourth-order valence-corrected chi connectivity index (χ4v) is 4.37. The van der Waals surface area contributed by atoms with Gasteiger partial charge in [-0.3, -0.25) is 19.4 Å². The Kier molecular flexibility index (Phi) is 10.0. The smallest absolute Gasteiger partial charge is 0.329 e. The molecule has 0 spiro atoms. The lowest BCUT2D eigenvalue weighted by atomic mass is 10.1. The van der Waals surface area contributed by atoms with E-state index < -0.39 is 5.97 Å². The number of piperazine rings is 1. The molecule has 1 fully saturated rings. The van der Waals surface area contributed by atoms with Gasteiger partial charge in [0.25, 0.3) is 5.91 Å². The Bertz CT molecular complexity index is 1070. The van der Waals surface area contributed by atoms with Gasteiger partial charge in [0.05, 0.1) is 11.1 Å². The number of nitrogens with one attached hydrogen (secondary N) is 1. The molecule has 3 heterocycles. The molecule has 2 aromatic heterocycles. The summed E-state index contributed by atoms with van der Waals surface area (Å²) in [6, 6.07) is 3.90. The van der Waals surface area contributed by atoms with Gasteiger partial charge in [0, 0.05) is 63.4 Å². The second-order valence-electron chi connectivity index (χ2n) is 8.35. The molecule has 0 aliphatic carbocycles. The number of nitrogens with zero attached hydrogens (tertiary/aromatic N) is 4. The molecule has 1 saturated heterocycles. The van der Waals surface area contributed by atoms with Gasteiger partial charge in [-0.1, -0.05) is 30.1 Å². The Balaban J connectivity index is 1.32. The topological polar surface area (TPSA) is 105 Å². The van der Waals surface area contributed by atoms with Crippen molar-refractivity contribution in [2.24, 2.45) is 0 Å². The van der Waals surface area contributed by atoms with E-state index in [-0.39, 0.29) is 11.8 Å². The van der Waals surface area contributed by atoms with E-state index in [1.807, 2.05) is 24.0 Å². The van der Waals surface area contributed by atoms with Crippen LogP contribution in [0.2, 0.25) is 0 Å². The van der Waals surface area contributed by atoms with Crippen LogP contribution < -0.4 is 10.4 Å². The van der Waals surface area contributed by atoms with Crippen molar-refractivity contribution in [1.82, 2.24) is 20.3 Å². The molecule has 9 nitrogen and oxygen atoms in total. The summed E-state index contributed by atoms with van der Waals surface area (Å²) in [4.78, 5) is 52.9. The summed E-state index contributed by atoms with van der Waals surface area (Å²) in [6.45, 7) is 6.06. The van der Waals surface area contributed by atoms with E-state index in [4.69, 9.17) is 0 Å². The van der Waals surface area contributed by atoms with Crippen molar-refractivity contribution in [2.75, 3.05) is 31.1 Å². The standard InChI is InChI=1S/C25H31N5O4S/c1-19-9-10-21(17-26-19)11-12-22-18-27-25(35-22)30-15-13-29(14-16-30)24(33)8-6-4-3-5-7-23(32)28-34-20(2)31/h9-10,17-18H,3-8,13-16H2,1-2H3,(H,28,32). The SMILES string of the molecule is CC(=O)ONC(=O)CCCCCCC(=O)N1CCN(c2ncc(C#Cc3ccc(C)nc3)s2)CC1. The molecule has 0 bridgehead atoms. The monoisotopic (exact) mass is 497 g/mol. The number of aromatic nitrogens is 2. The fourth-order valence-electron chi connectivity index (χ4n) is 3.54. The van der Waals surface area contributed by atoms with Gasteiger partial charge in [0.15, 0.2) is 5.13 Å². The Hall–Kier alpha value is -3.45. The van der Waals surface area contributed by atoms with Crippen molar-refractivity contribution in [3.8, 4) is 11.8 Å². The van der Waals surface area contributed by atoms with Gasteiger partial charge in [-0.25, -0.2) is 4.98 Å². The molecule has 0 radical (unpaired) electrons. The second-order valence-corrected chi connectivity index (χ2v) is 9.36. The zero-order valence-corrected chi connectivity index (χ0v) is 21.0. The second kappa shape index (κ2) is 13.4. The quantitative estimate of drug-likeness (QED) is 0.340. The number of amides is 2. The van der Waals surface area contributed by atoms with E-state index in [9.17, 15) is 14.4 Å². The van der Waals surface area contributed by atoms with Crippen LogP contribution in [0.15, 0.2) is 24.5 Å². The van der Waals surface area contributed by atoms with Gasteiger partial charge >= 0.3 is 5.97 Å². The molecule has 1 N–H and O–H groups in total. The first kappa shape index (κ1) is 26.2. The van der Waals surface area contributed by atoms with Crippen LogP contribution in [0.5, 0.6) is 0 Å². The molecule has 1 aliphatic heterocycles. The van der Waals surface area contributed by atoms with Crippen molar-refractivity contribution in [2.45, 2.75) is 52.4 Å². The summed E-state index contributed by atoms with van der Waals surface area (Å²) in [5, 5.41) is 0.932. The third-order valence-electron chi connectivity index (χ3n) is 5.49. The highest BCUT2D eigenvalue weighted by atomic mass is 32.1. The van der Waals surface area contributed by atoms with Gasteiger partial charge in [-0.15, -0.1) is 0 Å². The summed E-state index contributed by atoms with van der Waals surface area (Å²) in [7, 11) is 0. The lowest BCUT2D eigenvalue weighted by Crippen LogP contribution is -2.48. The first-order chi connectivity index (χ1) is 16.9. The number of aryl methyl sites for hydroxylation is 1. The minimum absolute atomic E-state index is 0.176. The van der Waals surface area contributed by atoms with Crippen molar-refractivity contribution in [1.29, 1.82) is 0 Å². The van der Waals surface area contributed by atoms with Crippen LogP contribution in [0.1, 0.15) is 61.6 Å². The Morgan fingerprint density at radius 2 is 1.74 bits per heavy atom. The van der Waals surface area contributed by atoms with Crippen molar-refractivity contribution in [3.05, 3.63) is 40.7 Å². The maximum Gasteiger partial charge on any atom is 0.329 e. The highest BCUT2D eigenvalue weighted by Crippen LogP contribution is 2.23. The van der Waals surface area contributed by atoms with Crippen LogP contribution in [-0.2, 0) is 19.2 Å². The Labute approximate surface area is 209 Å². The molecule has 186 valence electrons. The van der Waals surface area contributed by atoms with Crippen LogP contribution in [0.3, 0.4) is 0 Å². The largest absolute Gasteiger partial charge is 0.345 e. The zero-order chi connectivity index (χ0) is 25.0. The zero-order valence-electron chi connectivity index (χ0n) is 20.2. The number of carbonyl (C=O) groups excluding carboxylic acids is 3. The van der Waals surface area contributed by atoms with Gasteiger partial charge in [-0.2, -0.15) is 5.48 Å². The summed E-state index contributed by atoms with van der Waals surface area (Å²) in [5.74, 6) is 5.60. The minimum Gasteiger partial charge on any atom is -0.345 e. The summed E-state index contributed by atoms with van der Waals surface area (Å²) >= 11 is 1.56. The van der Waals surface area contributed by atoms with Crippen LogP contribution in [0.4, 0.5) is 5.13 Å². The van der Waals surface area contributed by atoms with Gasteiger partial charge in [0.2, 0.25) is 5.91 Å². The van der Waals surface area contributed by atoms with Crippen molar-refractivity contribution < 1.29 is 19.2 Å². The maximum absolute atomic E-state index is 12.5. The molecular weight excluding hydrogens is 466 g/mol. The number of anilines is 1. The van der Waals surface area contributed by atoms with Gasteiger partial charge < -0.3 is 14.6 Å². The molecule has 0 atom stereocenters. The normalized spacial score (nSPS) is 13.1. The van der Waals surface area contributed by atoms with Gasteiger partial charge in [0.1, 0.15) is 0 Å². The number of rotatable bonds is 8. The number of carbonyl (C=O) groups is 3. The van der Waals surface area contributed by atoms with Crippen molar-refractivity contribution in [3.63, 3.8) is 0 Å². The van der Waals surface area contributed by atoms with Crippen LogP contribution >= 0.6 is 11.3 Å². The highest BCUT2D eigenvalue weighted by molar-refractivity contribution is 7.16. The lowest BCUT2D eigenvalue weighted by molar-refractivity contribution is -0.156. The highest BCUT2D eigenvalue weighted by Gasteiger charge is 2.22. The van der Waals surface area contributed by atoms with E-state index in [0.717, 1.165) is 53.6 Å². The number of hydrogen-bond acceptors (Lipinski definition) is 8. The van der Waals surface area contributed by atoms with Crippen molar-refractivity contribution >= 4 is 34.3 Å². The third-order valence-corrected chi connectivity index (χ3v) is 6.46. The molecule has 10 heteroatoms. The van der Waals surface area contributed by atoms with Crippen LogP contribution in [0.25, 0.3) is 0 Å². The first-order valence-electron chi connectivity index (χ1n) is 11.8. The van der Waals surface area contributed by atoms with E-state index >= 15 is 0 Å². The fraction of sp³-hybridized carbons (Fsp3) is 0.480. The molecule has 2 amide bonds. The van der Waals surface area contributed by atoms with E-state index in [0.29, 0.717) is 32.4 Å². The lowest BCUT2D eigenvalue weighted by Gasteiger charge is -2.34. The molecule has 0 unspecified atom stereocenters. The number of thiazole rings is 1. The predicted molar refractivity (Wildman–Crippen MR) is 133 cm³/mol. The molecule has 35 heavy (non-hydrogen) atoms. The molecule has 1 aliphatic rings. The van der Waals surface area contributed by atoms with E-state index in [1.165, 1.54) is 6.92 Å². The first-order valence-corrected chi connectivity index (χ1v) is 12.6. The molecule has 0 saturated carbocycles. The van der Waals surface area contributed by atoms with E-state index in [1.54, 1.807) is 23.7 Å². The van der Waals surface area contributed by atoms with Crippen LogP contribution in [0, 0.1) is 18.8 Å². The number of pyridine rings is 1. The molecule has 0 aromatic carbocycles. The van der Waals surface area contributed by atoms with Gasteiger partial charge in [-0.05, 0) is 37.8 Å². The Morgan fingerprint density at radius 1 is 1.00 bits per heavy atom. The molecular formula is C25H31N5O4S. The average Bonchev–Trinajstić information content (AvgIpc) is 3.33. The number of hydrogen-bond donors (Lipinski definition) is 1. The minimum atomic E-state index is -0.546. The average molecular weight is 498 g/mol. The molecule has 3 rings (SSSR count). The maximum atomic E-state index is 12.5. The Morgan fingerprint density at radius 3 is 2.43 bits per heavy atom. The summed E-state index contributed by atoms with van der Waals surface area (Å²) < 4.78 is 0. The third kappa shape index (κ3) is 9.02. The number of hydroxylamine groups is 1. The predicted octanol–water partition coefficient (Wildman–Crippen LogP) is 2.83.